The number of hydrogen-bond acceptors (Lipinski definition) is 8. The van der Waals surface area contributed by atoms with Gasteiger partial charge in [-0.05, 0) is 16.7 Å². The molecule has 0 N–H and O–H groups in total. The van der Waals surface area contributed by atoms with Crippen molar-refractivity contribution in [1.82, 2.24) is 0 Å². The molecule has 0 radical (unpaired) electrons. The van der Waals surface area contributed by atoms with Crippen LogP contribution in [-0.4, -0.2) is 55.5 Å². The second kappa shape index (κ2) is 14.8. The fraction of sp³-hybridized carbons (Fsp3) is 0.382. The molecule has 222 valence electrons. The number of rotatable bonds is 12. The van der Waals surface area contributed by atoms with Crippen molar-refractivity contribution in [2.45, 2.75) is 70.1 Å². The largest absolute Gasteiger partial charge is 0.456 e. The number of benzene rings is 3. The average molecular weight is 575 g/mol. The molecule has 8 nitrogen and oxygen atoms in total. The predicted molar refractivity (Wildman–Crippen MR) is 155 cm³/mol. The van der Waals surface area contributed by atoms with Gasteiger partial charge in [0.25, 0.3) is 0 Å². The molecular formula is C34H38O8. The summed E-state index contributed by atoms with van der Waals surface area (Å²) in [5, 5.41) is 0. The first-order chi connectivity index (χ1) is 20.4. The molecule has 0 saturated carbocycles. The third-order valence-corrected chi connectivity index (χ3v) is 7.22. The van der Waals surface area contributed by atoms with Gasteiger partial charge in [0.1, 0.15) is 11.7 Å². The second-order valence-corrected chi connectivity index (χ2v) is 9.96. The Kier molecular flexibility index (Phi) is 10.9. The minimum absolute atomic E-state index is 0.0328. The van der Waals surface area contributed by atoms with Crippen LogP contribution in [0.2, 0.25) is 0 Å². The Hall–Kier alpha value is -4.01. The summed E-state index contributed by atoms with van der Waals surface area (Å²) in [6.45, 7) is 4.91. The summed E-state index contributed by atoms with van der Waals surface area (Å²) in [5.74, 6) is -1.49. The Morgan fingerprint density at radius 3 is 1.48 bits per heavy atom. The molecule has 0 unspecified atom stereocenters. The lowest BCUT2D eigenvalue weighted by Crippen LogP contribution is -2.59. The number of carbonyl (C=O) groups is 3. The second-order valence-electron chi connectivity index (χ2n) is 9.96. The minimum Gasteiger partial charge on any atom is -0.456 e. The highest BCUT2D eigenvalue weighted by atomic mass is 16.6. The zero-order valence-electron chi connectivity index (χ0n) is 24.3. The SMILES string of the molecule is CCC(=O)O[C@@H]1[C@@H](OC(=O)CC)[C@H](OC(=O)CC)CO[C@@H]1COC(c1ccccc1)(c1ccccc1)c1ccccc1. The summed E-state index contributed by atoms with van der Waals surface area (Å²) in [6, 6.07) is 29.6. The highest BCUT2D eigenvalue weighted by molar-refractivity contribution is 5.71. The lowest BCUT2D eigenvalue weighted by molar-refractivity contribution is -0.236. The summed E-state index contributed by atoms with van der Waals surface area (Å²) >= 11 is 0. The Bertz CT molecular complexity index is 1200. The molecule has 0 bridgehead atoms. The van der Waals surface area contributed by atoms with E-state index in [0.29, 0.717) is 0 Å². The van der Waals surface area contributed by atoms with Gasteiger partial charge in [-0.1, -0.05) is 112 Å². The summed E-state index contributed by atoms with van der Waals surface area (Å²) in [7, 11) is 0. The van der Waals surface area contributed by atoms with Crippen LogP contribution in [0.3, 0.4) is 0 Å². The van der Waals surface area contributed by atoms with Gasteiger partial charge < -0.3 is 23.7 Å². The fourth-order valence-electron chi connectivity index (χ4n) is 5.06. The number of hydrogen-bond donors (Lipinski definition) is 0. The van der Waals surface area contributed by atoms with Gasteiger partial charge in [0.05, 0.1) is 13.2 Å². The van der Waals surface area contributed by atoms with E-state index in [4.69, 9.17) is 23.7 Å². The Morgan fingerprint density at radius 1 is 0.643 bits per heavy atom. The van der Waals surface area contributed by atoms with Gasteiger partial charge in [0, 0.05) is 19.3 Å². The number of esters is 3. The van der Waals surface area contributed by atoms with E-state index >= 15 is 0 Å². The van der Waals surface area contributed by atoms with Gasteiger partial charge in [0.15, 0.2) is 18.3 Å². The molecule has 3 aromatic rings. The van der Waals surface area contributed by atoms with Crippen LogP contribution in [0.4, 0.5) is 0 Å². The summed E-state index contributed by atoms with van der Waals surface area (Å²) in [5.41, 5.74) is 1.63. The van der Waals surface area contributed by atoms with E-state index in [1.807, 2.05) is 91.0 Å². The molecule has 0 aliphatic carbocycles. The van der Waals surface area contributed by atoms with Gasteiger partial charge in [-0.3, -0.25) is 14.4 Å². The van der Waals surface area contributed by atoms with Gasteiger partial charge in [-0.25, -0.2) is 0 Å². The summed E-state index contributed by atoms with van der Waals surface area (Å²) in [4.78, 5) is 37.3. The zero-order valence-corrected chi connectivity index (χ0v) is 24.3. The molecule has 1 aliphatic rings. The summed E-state index contributed by atoms with van der Waals surface area (Å²) in [6.07, 6.45) is -3.59. The molecule has 1 fully saturated rings. The number of ether oxygens (including phenoxy) is 5. The molecule has 4 atom stereocenters. The van der Waals surface area contributed by atoms with Crippen LogP contribution in [0.25, 0.3) is 0 Å². The molecule has 0 spiro atoms. The quantitative estimate of drug-likeness (QED) is 0.162. The Labute approximate surface area is 246 Å². The van der Waals surface area contributed by atoms with Crippen LogP contribution >= 0.6 is 0 Å². The van der Waals surface area contributed by atoms with Crippen molar-refractivity contribution < 1.29 is 38.1 Å². The molecule has 0 aromatic heterocycles. The lowest BCUT2D eigenvalue weighted by atomic mass is 9.80. The van der Waals surface area contributed by atoms with Gasteiger partial charge in [0.2, 0.25) is 0 Å². The zero-order chi connectivity index (χ0) is 30.0. The van der Waals surface area contributed by atoms with Crippen LogP contribution in [0, 0.1) is 0 Å². The van der Waals surface area contributed by atoms with Crippen molar-refractivity contribution in [3.8, 4) is 0 Å². The Morgan fingerprint density at radius 2 is 1.05 bits per heavy atom. The van der Waals surface area contributed by atoms with E-state index in [2.05, 4.69) is 0 Å². The van der Waals surface area contributed by atoms with Crippen molar-refractivity contribution >= 4 is 17.9 Å². The number of carbonyl (C=O) groups excluding carboxylic acids is 3. The maximum atomic E-state index is 12.6. The van der Waals surface area contributed by atoms with E-state index in [-0.39, 0.29) is 32.5 Å². The molecule has 3 aromatic carbocycles. The third kappa shape index (κ3) is 7.06. The molecule has 4 rings (SSSR count). The summed E-state index contributed by atoms with van der Waals surface area (Å²) < 4.78 is 30.2. The molecule has 8 heteroatoms. The van der Waals surface area contributed by atoms with Crippen molar-refractivity contribution in [3.63, 3.8) is 0 Å². The smallest absolute Gasteiger partial charge is 0.306 e. The van der Waals surface area contributed by atoms with Crippen LogP contribution in [0.15, 0.2) is 91.0 Å². The van der Waals surface area contributed by atoms with Crippen molar-refractivity contribution in [2.24, 2.45) is 0 Å². The van der Waals surface area contributed by atoms with Gasteiger partial charge in [-0.2, -0.15) is 0 Å². The van der Waals surface area contributed by atoms with Crippen molar-refractivity contribution in [3.05, 3.63) is 108 Å². The van der Waals surface area contributed by atoms with Crippen LogP contribution in [0.1, 0.15) is 56.7 Å². The molecule has 0 amide bonds. The molecular weight excluding hydrogens is 536 g/mol. The molecule has 1 saturated heterocycles. The first kappa shape index (κ1) is 30.9. The van der Waals surface area contributed by atoms with E-state index in [1.165, 1.54) is 0 Å². The predicted octanol–water partition coefficient (Wildman–Crippen LogP) is 5.36. The Balaban J connectivity index is 1.76. The molecule has 42 heavy (non-hydrogen) atoms. The van der Waals surface area contributed by atoms with Gasteiger partial charge >= 0.3 is 17.9 Å². The topological polar surface area (TPSA) is 97.4 Å². The van der Waals surface area contributed by atoms with E-state index < -0.39 is 47.9 Å². The maximum absolute atomic E-state index is 12.6. The van der Waals surface area contributed by atoms with Gasteiger partial charge in [-0.15, -0.1) is 0 Å². The lowest BCUT2D eigenvalue weighted by Gasteiger charge is -2.43. The van der Waals surface area contributed by atoms with Crippen LogP contribution in [-0.2, 0) is 43.7 Å². The first-order valence-electron chi connectivity index (χ1n) is 14.4. The monoisotopic (exact) mass is 574 g/mol. The highest BCUT2D eigenvalue weighted by Gasteiger charge is 2.49. The van der Waals surface area contributed by atoms with Crippen LogP contribution in [0.5, 0.6) is 0 Å². The van der Waals surface area contributed by atoms with Crippen LogP contribution < -0.4 is 0 Å². The molecule has 1 aliphatic heterocycles. The van der Waals surface area contributed by atoms with Crippen molar-refractivity contribution in [1.29, 1.82) is 0 Å². The fourth-order valence-corrected chi connectivity index (χ4v) is 5.06. The third-order valence-electron chi connectivity index (χ3n) is 7.22. The average Bonchev–Trinajstić information content (AvgIpc) is 3.04. The van der Waals surface area contributed by atoms with E-state index in [9.17, 15) is 14.4 Å². The normalized spacial score (nSPS) is 20.4. The maximum Gasteiger partial charge on any atom is 0.306 e. The standard InChI is InChI=1S/C34H38O8/c1-4-29(35)40-28-22-38-27(32(41-30(36)5-2)33(28)42-31(37)6-3)23-39-34(24-16-10-7-11-17-24,25-18-12-8-13-19-25)26-20-14-9-15-21-26/h7-21,27-28,32-33H,4-6,22-23H2,1-3H3/t27-,28-,32+,33+/m1/s1. The van der Waals surface area contributed by atoms with Crippen molar-refractivity contribution in [2.75, 3.05) is 13.2 Å². The highest BCUT2D eigenvalue weighted by Crippen LogP contribution is 2.41. The minimum atomic E-state index is -1.07. The molecule has 1 heterocycles. The van der Waals surface area contributed by atoms with E-state index in [1.54, 1.807) is 20.8 Å². The van der Waals surface area contributed by atoms with E-state index in [0.717, 1.165) is 16.7 Å². The first-order valence-corrected chi connectivity index (χ1v) is 14.4.